The number of fused-ring (bicyclic) bond motifs is 4. The van der Waals surface area contributed by atoms with E-state index in [9.17, 15) is 0 Å². The summed E-state index contributed by atoms with van der Waals surface area (Å²) in [6.07, 6.45) is 0. The maximum absolute atomic E-state index is 6.49. The molecule has 0 N–H and O–H groups in total. The summed E-state index contributed by atoms with van der Waals surface area (Å²) in [4.78, 5) is 0. The molecule has 156 valence electrons. The van der Waals surface area contributed by atoms with Crippen LogP contribution >= 0.6 is 0 Å². The molecule has 0 amide bonds. The second-order valence-electron chi connectivity index (χ2n) is 9.94. The summed E-state index contributed by atoms with van der Waals surface area (Å²) in [7, 11) is 0.619. The Labute approximate surface area is 185 Å². The smallest absolute Gasteiger partial charge is 0.216 e. The van der Waals surface area contributed by atoms with Gasteiger partial charge in [-0.25, -0.2) is 0 Å². The zero-order valence-corrected chi connectivity index (χ0v) is 20.6. The highest BCUT2D eigenvalue weighted by molar-refractivity contribution is 6.90. The number of furan rings is 1. The number of hydrogen-bond donors (Lipinski definition) is 0. The molecule has 2 heterocycles. The molecular weight excluding hydrogens is 394 g/mol. The van der Waals surface area contributed by atoms with Crippen LogP contribution in [0.1, 0.15) is 16.7 Å². The number of hydrogen-bond acceptors (Lipinski definition) is 1. The Morgan fingerprint density at radius 2 is 1.55 bits per heavy atom. The van der Waals surface area contributed by atoms with Crippen molar-refractivity contribution in [3.05, 3.63) is 71.3 Å². The van der Waals surface area contributed by atoms with E-state index in [4.69, 9.17) is 4.42 Å². The van der Waals surface area contributed by atoms with E-state index in [0.29, 0.717) is 0 Å². The summed E-state index contributed by atoms with van der Waals surface area (Å²) >= 11 is 0. The van der Waals surface area contributed by atoms with Crippen LogP contribution in [-0.2, 0) is 7.05 Å². The molecule has 3 heteroatoms. The van der Waals surface area contributed by atoms with Crippen molar-refractivity contribution >= 4 is 46.1 Å². The Morgan fingerprint density at radius 1 is 0.806 bits per heavy atom. The lowest BCUT2D eigenvalue weighted by atomic mass is 9.95. The number of para-hydroxylation sites is 1. The average molecular weight is 425 g/mol. The predicted octanol–water partition coefficient (Wildman–Crippen LogP) is 6.70. The largest absolute Gasteiger partial charge is 0.455 e. The average Bonchev–Trinajstić information content (AvgIpc) is 3.07. The summed E-state index contributed by atoms with van der Waals surface area (Å²) in [5.74, 6) is 0. The molecule has 31 heavy (non-hydrogen) atoms. The molecule has 3 aromatic carbocycles. The Balaban J connectivity index is 1.99. The normalized spacial score (nSPS) is 12.4. The number of pyridine rings is 1. The second-order valence-corrected chi connectivity index (χ2v) is 15.0. The minimum atomic E-state index is -1.58. The van der Waals surface area contributed by atoms with Crippen LogP contribution in [0.5, 0.6) is 0 Å². The predicted molar refractivity (Wildman–Crippen MR) is 135 cm³/mol. The molecule has 0 spiro atoms. The fourth-order valence-corrected chi connectivity index (χ4v) is 6.43. The van der Waals surface area contributed by atoms with Crippen LogP contribution in [0.3, 0.4) is 0 Å². The van der Waals surface area contributed by atoms with E-state index in [-0.39, 0.29) is 0 Å². The molecule has 0 unspecified atom stereocenters. The maximum Gasteiger partial charge on any atom is 0.216 e. The van der Waals surface area contributed by atoms with Crippen LogP contribution in [0.25, 0.3) is 44.1 Å². The zero-order chi connectivity index (χ0) is 22.1. The molecule has 0 aliphatic rings. The van der Waals surface area contributed by atoms with Gasteiger partial charge in [-0.15, -0.1) is 0 Å². The van der Waals surface area contributed by atoms with Gasteiger partial charge in [-0.05, 0) is 60.8 Å². The quantitative estimate of drug-likeness (QED) is 0.228. The van der Waals surface area contributed by atoms with Gasteiger partial charge in [0.15, 0.2) is 0 Å². The van der Waals surface area contributed by atoms with Crippen LogP contribution < -0.4 is 9.75 Å². The molecule has 5 rings (SSSR count). The summed E-state index contributed by atoms with van der Waals surface area (Å²) in [5, 5.41) is 5.27. The van der Waals surface area contributed by atoms with Gasteiger partial charge in [0.25, 0.3) is 0 Å². The highest BCUT2D eigenvalue weighted by Gasteiger charge is 2.29. The Bertz CT molecular complexity index is 1500. The van der Waals surface area contributed by atoms with E-state index in [2.05, 4.69) is 101 Å². The van der Waals surface area contributed by atoms with Gasteiger partial charge in [0.05, 0.1) is 13.6 Å². The molecule has 0 saturated carbocycles. The van der Waals surface area contributed by atoms with Crippen molar-refractivity contribution in [2.75, 3.05) is 0 Å². The van der Waals surface area contributed by atoms with Gasteiger partial charge in [-0.3, -0.25) is 0 Å². The molecule has 0 bridgehead atoms. The Hall–Kier alpha value is -2.91. The third-order valence-corrected chi connectivity index (χ3v) is 8.73. The van der Waals surface area contributed by atoms with Gasteiger partial charge in [-0.1, -0.05) is 43.9 Å². The first-order valence-electron chi connectivity index (χ1n) is 11.0. The van der Waals surface area contributed by atoms with Gasteiger partial charge >= 0.3 is 0 Å². The molecule has 2 aromatic heterocycles. The van der Waals surface area contributed by atoms with Crippen LogP contribution in [0.15, 0.2) is 59.0 Å². The third-order valence-electron chi connectivity index (χ3n) is 6.70. The molecule has 5 aromatic rings. The van der Waals surface area contributed by atoms with Crippen molar-refractivity contribution in [3.8, 4) is 11.3 Å². The fourth-order valence-electron chi connectivity index (χ4n) is 4.84. The van der Waals surface area contributed by atoms with Crippen LogP contribution in [0.4, 0.5) is 0 Å². The Morgan fingerprint density at radius 3 is 2.29 bits per heavy atom. The van der Waals surface area contributed by atoms with Gasteiger partial charge in [0.2, 0.25) is 11.2 Å². The lowest BCUT2D eigenvalue weighted by Crippen LogP contribution is -2.43. The topological polar surface area (TPSA) is 17.0 Å². The van der Waals surface area contributed by atoms with Crippen molar-refractivity contribution < 1.29 is 8.98 Å². The highest BCUT2D eigenvalue weighted by Crippen LogP contribution is 2.38. The lowest BCUT2D eigenvalue weighted by Gasteiger charge is -2.20. The van der Waals surface area contributed by atoms with Crippen molar-refractivity contribution in [1.82, 2.24) is 0 Å². The zero-order valence-electron chi connectivity index (χ0n) is 19.6. The summed E-state index contributed by atoms with van der Waals surface area (Å²) in [5.41, 5.74) is 9.57. The fraction of sp³-hybridized carbons (Fsp3) is 0.250. The number of aromatic nitrogens is 1. The monoisotopic (exact) mass is 424 g/mol. The molecule has 0 aliphatic heterocycles. The first kappa shape index (κ1) is 20.0. The Kier molecular flexibility index (Phi) is 4.39. The molecule has 0 radical (unpaired) electrons. The van der Waals surface area contributed by atoms with Crippen molar-refractivity contribution in [2.24, 2.45) is 7.05 Å². The third kappa shape index (κ3) is 3.02. The van der Waals surface area contributed by atoms with E-state index < -0.39 is 8.07 Å². The van der Waals surface area contributed by atoms with Gasteiger partial charge in [-0.2, -0.15) is 4.57 Å². The molecule has 0 atom stereocenters. The molecule has 0 aliphatic carbocycles. The van der Waals surface area contributed by atoms with E-state index in [0.717, 1.165) is 11.2 Å². The van der Waals surface area contributed by atoms with Gasteiger partial charge in [0.1, 0.15) is 18.2 Å². The minimum Gasteiger partial charge on any atom is -0.455 e. The maximum atomic E-state index is 6.49. The summed E-state index contributed by atoms with van der Waals surface area (Å²) in [6, 6.07) is 20.0. The van der Waals surface area contributed by atoms with Gasteiger partial charge in [0, 0.05) is 28.3 Å². The molecular formula is C28H30NOSi+. The van der Waals surface area contributed by atoms with Crippen LogP contribution in [0.2, 0.25) is 19.6 Å². The van der Waals surface area contributed by atoms with Crippen molar-refractivity contribution in [2.45, 2.75) is 40.4 Å². The number of nitrogens with zero attached hydrogens (tertiary/aromatic N) is 1. The van der Waals surface area contributed by atoms with Crippen LogP contribution in [0, 0.1) is 20.8 Å². The highest BCUT2D eigenvalue weighted by atomic mass is 28.3. The first-order valence-corrected chi connectivity index (χ1v) is 14.5. The lowest BCUT2D eigenvalue weighted by molar-refractivity contribution is -0.633. The van der Waals surface area contributed by atoms with E-state index in [1.165, 1.54) is 54.8 Å². The second kappa shape index (κ2) is 6.79. The summed E-state index contributed by atoms with van der Waals surface area (Å²) < 4.78 is 8.85. The number of rotatable bonds is 2. The van der Waals surface area contributed by atoms with E-state index >= 15 is 0 Å². The number of benzene rings is 3. The SMILES string of the molecule is Cc1ccc2c([Si](C)(C)C)cc(-c3c(C)c(C)cc4c3oc3ccccc34)[n+](C)c2c1. The van der Waals surface area contributed by atoms with Gasteiger partial charge < -0.3 is 4.42 Å². The summed E-state index contributed by atoms with van der Waals surface area (Å²) in [6.45, 7) is 13.9. The van der Waals surface area contributed by atoms with E-state index in [1.54, 1.807) is 0 Å². The molecule has 2 nitrogen and oxygen atoms in total. The minimum absolute atomic E-state index is 0.952. The van der Waals surface area contributed by atoms with Crippen molar-refractivity contribution in [3.63, 3.8) is 0 Å². The van der Waals surface area contributed by atoms with E-state index in [1.807, 2.05) is 6.07 Å². The van der Waals surface area contributed by atoms with Crippen LogP contribution in [-0.4, -0.2) is 8.07 Å². The van der Waals surface area contributed by atoms with Crippen molar-refractivity contribution in [1.29, 1.82) is 0 Å². The molecule has 0 fully saturated rings. The standard InChI is InChI=1S/C28H30NOSi/c1-17-12-13-21-23(14-17)29(4)24(16-26(21)31(5,6)7)27-19(3)18(2)15-22-20-10-8-9-11-25(20)30-28(22)27/h8-16H,1-7H3/q+1. The first-order chi connectivity index (χ1) is 14.7. The number of aryl methyl sites for hydroxylation is 3. The molecule has 0 saturated heterocycles.